The Morgan fingerprint density at radius 1 is 1.56 bits per heavy atom. The fraction of sp³-hybridized carbons (Fsp3) is 0.545. The monoisotopic (exact) mass is 234 g/mol. The Kier molecular flexibility index (Phi) is 1.73. The van der Waals surface area contributed by atoms with Gasteiger partial charge in [-0.1, -0.05) is 0 Å². The van der Waals surface area contributed by atoms with E-state index in [1.54, 1.807) is 0 Å². The molecule has 0 atom stereocenters. The van der Waals surface area contributed by atoms with Crippen LogP contribution in [0.4, 0.5) is 0 Å². The molecule has 0 aliphatic heterocycles. The van der Waals surface area contributed by atoms with E-state index < -0.39 is 11.4 Å². The lowest BCUT2D eigenvalue weighted by molar-refractivity contribution is 0.0690. The third-order valence-corrected chi connectivity index (χ3v) is 4.70. The van der Waals surface area contributed by atoms with E-state index in [-0.39, 0.29) is 5.69 Å². The van der Waals surface area contributed by atoms with Gasteiger partial charge < -0.3 is 5.11 Å². The number of nitriles is 1. The van der Waals surface area contributed by atoms with E-state index in [4.69, 9.17) is 5.11 Å². The number of rotatable bonds is 2. The van der Waals surface area contributed by atoms with Gasteiger partial charge in [0.05, 0.1) is 6.07 Å². The van der Waals surface area contributed by atoms with Gasteiger partial charge in [-0.25, -0.2) is 9.78 Å². The zero-order valence-electron chi connectivity index (χ0n) is 8.56. The second-order valence-corrected chi connectivity index (χ2v) is 5.75. The van der Waals surface area contributed by atoms with E-state index in [9.17, 15) is 10.1 Å². The van der Waals surface area contributed by atoms with Gasteiger partial charge >= 0.3 is 5.97 Å². The molecule has 1 spiro atoms. The molecule has 0 unspecified atom stereocenters. The topological polar surface area (TPSA) is 74.0 Å². The number of carboxylic acid groups (broad SMARTS) is 1. The van der Waals surface area contributed by atoms with Gasteiger partial charge in [0, 0.05) is 5.38 Å². The molecular formula is C11H10N2O2S. The predicted octanol–water partition coefficient (Wildman–Crippen LogP) is 2.18. The fourth-order valence-electron chi connectivity index (χ4n) is 2.63. The van der Waals surface area contributed by atoms with Crippen LogP contribution >= 0.6 is 11.3 Å². The molecule has 0 bridgehead atoms. The van der Waals surface area contributed by atoms with Crippen LogP contribution in [0.15, 0.2) is 5.38 Å². The van der Waals surface area contributed by atoms with Crippen LogP contribution < -0.4 is 0 Å². The van der Waals surface area contributed by atoms with Crippen molar-refractivity contribution in [1.29, 1.82) is 5.26 Å². The smallest absolute Gasteiger partial charge is 0.355 e. The van der Waals surface area contributed by atoms with Gasteiger partial charge in [0.25, 0.3) is 0 Å². The van der Waals surface area contributed by atoms with Crippen molar-refractivity contribution < 1.29 is 9.90 Å². The van der Waals surface area contributed by atoms with Gasteiger partial charge in [0.15, 0.2) is 5.69 Å². The summed E-state index contributed by atoms with van der Waals surface area (Å²) in [4.78, 5) is 14.8. The van der Waals surface area contributed by atoms with Crippen molar-refractivity contribution in [2.45, 2.75) is 31.1 Å². The Balaban J connectivity index is 1.90. The summed E-state index contributed by atoms with van der Waals surface area (Å²) in [5, 5.41) is 20.3. The molecule has 0 aromatic carbocycles. The largest absolute Gasteiger partial charge is 0.476 e. The molecule has 1 heterocycles. The van der Waals surface area contributed by atoms with Gasteiger partial charge in [0.1, 0.15) is 10.4 Å². The number of nitrogens with zero attached hydrogens (tertiary/aromatic N) is 2. The standard InChI is InChI=1S/C11H10N2O2S/c12-6-11(4-10(5-11)1-2-10)9-13-7(3-16-9)8(14)15/h3H,1-2,4-5H2,(H,14,15). The van der Waals surface area contributed by atoms with Crippen molar-refractivity contribution in [3.05, 3.63) is 16.1 Å². The first-order chi connectivity index (χ1) is 7.59. The van der Waals surface area contributed by atoms with Crippen molar-refractivity contribution in [1.82, 2.24) is 4.98 Å². The van der Waals surface area contributed by atoms with E-state index >= 15 is 0 Å². The second kappa shape index (κ2) is 2.83. The fourth-order valence-corrected chi connectivity index (χ4v) is 3.57. The lowest BCUT2D eigenvalue weighted by Gasteiger charge is -2.41. The third kappa shape index (κ3) is 1.20. The minimum absolute atomic E-state index is 0.0615. The maximum absolute atomic E-state index is 10.7. The Bertz CT molecular complexity index is 502. The molecule has 2 saturated carbocycles. The molecule has 0 radical (unpaired) electrons. The molecule has 0 saturated heterocycles. The molecular weight excluding hydrogens is 224 g/mol. The van der Waals surface area contributed by atoms with Crippen molar-refractivity contribution >= 4 is 17.3 Å². The summed E-state index contributed by atoms with van der Waals surface area (Å²) in [6.07, 6.45) is 4.16. The number of thiazole rings is 1. The van der Waals surface area contributed by atoms with E-state index in [2.05, 4.69) is 11.1 Å². The molecule has 2 aliphatic carbocycles. The summed E-state index contributed by atoms with van der Waals surface area (Å²) < 4.78 is 0. The lowest BCUT2D eigenvalue weighted by atomic mass is 9.60. The highest BCUT2D eigenvalue weighted by atomic mass is 32.1. The molecule has 2 aliphatic rings. The highest BCUT2D eigenvalue weighted by molar-refractivity contribution is 7.10. The highest BCUT2D eigenvalue weighted by Gasteiger charge is 2.63. The quantitative estimate of drug-likeness (QED) is 0.851. The molecule has 82 valence electrons. The average molecular weight is 234 g/mol. The summed E-state index contributed by atoms with van der Waals surface area (Å²) >= 11 is 1.30. The first-order valence-corrected chi connectivity index (χ1v) is 6.08. The molecule has 16 heavy (non-hydrogen) atoms. The van der Waals surface area contributed by atoms with E-state index in [1.807, 2.05) is 0 Å². The van der Waals surface area contributed by atoms with Crippen LogP contribution in [0.3, 0.4) is 0 Å². The van der Waals surface area contributed by atoms with Gasteiger partial charge in [-0.2, -0.15) is 5.26 Å². The van der Waals surface area contributed by atoms with Crippen LogP contribution in [-0.4, -0.2) is 16.1 Å². The Hall–Kier alpha value is -1.41. The second-order valence-electron chi connectivity index (χ2n) is 4.89. The maximum Gasteiger partial charge on any atom is 0.355 e. The van der Waals surface area contributed by atoms with E-state index in [0.29, 0.717) is 10.4 Å². The molecule has 0 amide bonds. The van der Waals surface area contributed by atoms with Crippen molar-refractivity contribution in [3.8, 4) is 6.07 Å². The zero-order valence-corrected chi connectivity index (χ0v) is 9.38. The van der Waals surface area contributed by atoms with Crippen LogP contribution in [0.2, 0.25) is 0 Å². The summed E-state index contributed by atoms with van der Waals surface area (Å²) in [5.74, 6) is -1.02. The first-order valence-electron chi connectivity index (χ1n) is 5.20. The first kappa shape index (κ1) is 9.79. The van der Waals surface area contributed by atoms with Gasteiger partial charge in [-0.3, -0.25) is 0 Å². The zero-order chi connectivity index (χ0) is 11.4. The van der Waals surface area contributed by atoms with Crippen LogP contribution in [0.5, 0.6) is 0 Å². The number of aromatic carboxylic acids is 1. The Morgan fingerprint density at radius 3 is 2.69 bits per heavy atom. The lowest BCUT2D eigenvalue weighted by Crippen LogP contribution is -2.41. The molecule has 2 fully saturated rings. The maximum atomic E-state index is 10.7. The van der Waals surface area contributed by atoms with Crippen molar-refractivity contribution in [3.63, 3.8) is 0 Å². The summed E-state index contributed by atoms with van der Waals surface area (Å²) in [6, 6.07) is 2.33. The minimum atomic E-state index is -1.02. The molecule has 5 heteroatoms. The van der Waals surface area contributed by atoms with Gasteiger partial charge in [0.2, 0.25) is 0 Å². The third-order valence-electron chi connectivity index (χ3n) is 3.66. The van der Waals surface area contributed by atoms with Crippen molar-refractivity contribution in [2.75, 3.05) is 0 Å². The minimum Gasteiger partial charge on any atom is -0.476 e. The highest BCUT2D eigenvalue weighted by Crippen LogP contribution is 2.68. The number of carboxylic acids is 1. The number of carbonyl (C=O) groups is 1. The number of hydrogen-bond acceptors (Lipinski definition) is 4. The van der Waals surface area contributed by atoms with Crippen LogP contribution in [0.1, 0.15) is 41.2 Å². The molecule has 3 rings (SSSR count). The van der Waals surface area contributed by atoms with E-state index in [0.717, 1.165) is 12.8 Å². The Morgan fingerprint density at radius 2 is 2.25 bits per heavy atom. The summed E-state index contributed by atoms with van der Waals surface area (Å²) in [5.41, 5.74) is -0.0222. The van der Waals surface area contributed by atoms with Crippen molar-refractivity contribution in [2.24, 2.45) is 5.41 Å². The number of aromatic nitrogens is 1. The van der Waals surface area contributed by atoms with Crippen LogP contribution in [-0.2, 0) is 5.41 Å². The Labute approximate surface area is 96.5 Å². The number of hydrogen-bond donors (Lipinski definition) is 1. The molecule has 1 N–H and O–H groups in total. The average Bonchev–Trinajstić information content (AvgIpc) is 2.82. The summed E-state index contributed by atoms with van der Waals surface area (Å²) in [7, 11) is 0. The van der Waals surface area contributed by atoms with Gasteiger partial charge in [-0.05, 0) is 31.1 Å². The summed E-state index contributed by atoms with van der Waals surface area (Å²) in [6.45, 7) is 0. The normalized spacial score (nSPS) is 23.4. The van der Waals surface area contributed by atoms with E-state index in [1.165, 1.54) is 29.6 Å². The molecule has 1 aromatic heterocycles. The SMILES string of the molecule is N#CC1(c2nc(C(=O)O)cs2)CC2(CC2)C1. The van der Waals surface area contributed by atoms with Crippen LogP contribution in [0.25, 0.3) is 0 Å². The predicted molar refractivity (Wildman–Crippen MR) is 57.3 cm³/mol. The van der Waals surface area contributed by atoms with Crippen LogP contribution in [0, 0.1) is 16.7 Å². The molecule has 4 nitrogen and oxygen atoms in total. The molecule has 1 aromatic rings. The van der Waals surface area contributed by atoms with Gasteiger partial charge in [-0.15, -0.1) is 11.3 Å².